The molecule has 0 spiro atoms. The van der Waals surface area contributed by atoms with Crippen LogP contribution >= 0.6 is 34.2 Å². The Kier molecular flexibility index (Phi) is 3.59. The Morgan fingerprint density at radius 1 is 1.64 bits per heavy atom. The molecule has 0 amide bonds. The molecule has 1 aromatic rings. The molecule has 1 rings (SSSR count). The molecule has 1 aromatic heterocycles. The van der Waals surface area contributed by atoms with Crippen molar-refractivity contribution in [1.29, 1.82) is 0 Å². The lowest BCUT2D eigenvalue weighted by Crippen LogP contribution is -2.06. The van der Waals surface area contributed by atoms with Gasteiger partial charge in [0.05, 0.1) is 16.8 Å². The van der Waals surface area contributed by atoms with Crippen LogP contribution in [0, 0.1) is 3.70 Å². The Balaban J connectivity index is 3.41. The fourth-order valence-corrected chi connectivity index (χ4v) is 1.70. The first-order chi connectivity index (χ1) is 6.45. The van der Waals surface area contributed by atoms with Crippen LogP contribution in [0.4, 0.5) is 14.5 Å². The molecule has 2 N–H and O–H groups in total. The molecular formula is C7H4ClF2IN2O. The molecule has 0 atom stereocenters. The average Bonchev–Trinajstić information content (AvgIpc) is 2.02. The van der Waals surface area contributed by atoms with Crippen molar-refractivity contribution < 1.29 is 13.6 Å². The number of nitrogens with zero attached hydrogens (tertiary/aromatic N) is 1. The van der Waals surface area contributed by atoms with Gasteiger partial charge in [-0.1, -0.05) is 0 Å². The van der Waals surface area contributed by atoms with E-state index in [2.05, 4.69) is 4.98 Å². The molecule has 0 saturated carbocycles. The second-order valence-electron chi connectivity index (χ2n) is 2.36. The quantitative estimate of drug-likeness (QED) is 0.514. The number of halogens is 4. The van der Waals surface area contributed by atoms with Crippen molar-refractivity contribution in [2.24, 2.45) is 0 Å². The van der Waals surface area contributed by atoms with E-state index < -0.39 is 17.2 Å². The monoisotopic (exact) mass is 332 g/mol. The smallest absolute Gasteiger partial charge is 0.268 e. The number of carbonyl (C=O) groups is 1. The number of nitrogen functional groups attached to an aromatic ring is 1. The third-order valence-corrected chi connectivity index (χ3v) is 2.60. The molecule has 0 aliphatic carbocycles. The van der Waals surface area contributed by atoms with Gasteiger partial charge in [0.2, 0.25) is 0 Å². The summed E-state index contributed by atoms with van der Waals surface area (Å²) in [6.07, 6.45) is -1.69. The Hall–Kier alpha value is -0.500. The van der Waals surface area contributed by atoms with Gasteiger partial charge in [0.25, 0.3) is 11.7 Å². The Morgan fingerprint density at radius 2 is 2.21 bits per heavy atom. The van der Waals surface area contributed by atoms with Crippen molar-refractivity contribution in [2.45, 2.75) is 6.43 Å². The number of hydrogen-bond acceptors (Lipinski definition) is 3. The van der Waals surface area contributed by atoms with Gasteiger partial charge >= 0.3 is 0 Å². The van der Waals surface area contributed by atoms with Gasteiger partial charge in [-0.15, -0.1) is 0 Å². The number of hydrogen-bond donors (Lipinski definition) is 1. The molecular weight excluding hydrogens is 328 g/mol. The molecule has 0 aliphatic rings. The summed E-state index contributed by atoms with van der Waals surface area (Å²) in [6.45, 7) is 0. The standard InChI is InChI=1S/C7H4ClF2IN2O/c8-5(14)2-1-13-7(11)3(4(2)12)6(9)10/h1,6H,(H2,12,13). The number of alkyl halides is 2. The summed E-state index contributed by atoms with van der Waals surface area (Å²) in [4.78, 5) is 14.4. The fourth-order valence-electron chi connectivity index (χ4n) is 0.881. The van der Waals surface area contributed by atoms with E-state index >= 15 is 0 Å². The van der Waals surface area contributed by atoms with Crippen molar-refractivity contribution in [3.63, 3.8) is 0 Å². The molecule has 0 aromatic carbocycles. The van der Waals surface area contributed by atoms with Crippen LogP contribution < -0.4 is 5.73 Å². The van der Waals surface area contributed by atoms with E-state index in [1.165, 1.54) is 0 Å². The number of carbonyl (C=O) groups excluding carboxylic acids is 1. The van der Waals surface area contributed by atoms with E-state index in [1.807, 2.05) is 0 Å². The predicted octanol–water partition coefficient (Wildman–Crippen LogP) is 2.58. The van der Waals surface area contributed by atoms with Crippen LogP contribution in [0.25, 0.3) is 0 Å². The maximum atomic E-state index is 12.5. The fraction of sp³-hybridized carbons (Fsp3) is 0.143. The van der Waals surface area contributed by atoms with Crippen molar-refractivity contribution in [2.75, 3.05) is 5.73 Å². The number of nitrogens with two attached hydrogens (primary N) is 1. The highest BCUT2D eigenvalue weighted by Gasteiger charge is 2.21. The highest BCUT2D eigenvalue weighted by molar-refractivity contribution is 14.1. The first-order valence-corrected chi connectivity index (χ1v) is 4.82. The van der Waals surface area contributed by atoms with Crippen LogP contribution in [0.3, 0.4) is 0 Å². The van der Waals surface area contributed by atoms with Gasteiger partial charge in [-0.2, -0.15) is 0 Å². The average molecular weight is 332 g/mol. The molecule has 0 fully saturated rings. The Labute approximate surface area is 96.8 Å². The van der Waals surface area contributed by atoms with E-state index in [-0.39, 0.29) is 15.0 Å². The molecule has 14 heavy (non-hydrogen) atoms. The molecule has 0 radical (unpaired) electrons. The van der Waals surface area contributed by atoms with Crippen molar-refractivity contribution in [3.05, 3.63) is 21.0 Å². The Bertz CT molecular complexity index is 386. The molecule has 0 saturated heterocycles. The minimum Gasteiger partial charge on any atom is -0.398 e. The normalized spacial score (nSPS) is 10.6. The maximum Gasteiger partial charge on any atom is 0.268 e. The third-order valence-electron chi connectivity index (χ3n) is 1.54. The number of pyridine rings is 1. The van der Waals surface area contributed by atoms with Crippen LogP contribution in [0.15, 0.2) is 6.20 Å². The van der Waals surface area contributed by atoms with Gasteiger partial charge in [-0.25, -0.2) is 13.8 Å². The van der Waals surface area contributed by atoms with Gasteiger partial charge in [-0.3, -0.25) is 4.79 Å². The highest BCUT2D eigenvalue weighted by Crippen LogP contribution is 2.31. The molecule has 3 nitrogen and oxygen atoms in total. The number of rotatable bonds is 2. The zero-order valence-corrected chi connectivity index (χ0v) is 9.51. The lowest BCUT2D eigenvalue weighted by molar-refractivity contribution is 0.108. The second kappa shape index (κ2) is 4.35. The summed E-state index contributed by atoms with van der Waals surface area (Å²) < 4.78 is 25.0. The minimum absolute atomic E-state index is 0.0665. The van der Waals surface area contributed by atoms with Gasteiger partial charge < -0.3 is 5.73 Å². The molecule has 0 unspecified atom stereocenters. The van der Waals surface area contributed by atoms with E-state index in [1.54, 1.807) is 22.6 Å². The zero-order chi connectivity index (χ0) is 10.9. The summed E-state index contributed by atoms with van der Waals surface area (Å²) in [5.41, 5.74) is 4.41. The second-order valence-corrected chi connectivity index (χ2v) is 3.73. The molecule has 0 bridgehead atoms. The van der Waals surface area contributed by atoms with Crippen LogP contribution in [-0.4, -0.2) is 10.2 Å². The molecule has 7 heteroatoms. The summed E-state index contributed by atoms with van der Waals surface area (Å²) in [5.74, 6) is 0. The molecule has 76 valence electrons. The topological polar surface area (TPSA) is 56.0 Å². The summed E-state index contributed by atoms with van der Waals surface area (Å²) in [5, 5.41) is -0.895. The summed E-state index contributed by atoms with van der Waals surface area (Å²) in [6, 6.07) is 0. The van der Waals surface area contributed by atoms with Crippen LogP contribution in [0.1, 0.15) is 22.3 Å². The van der Waals surface area contributed by atoms with E-state index in [0.717, 1.165) is 6.20 Å². The first kappa shape index (κ1) is 11.6. The SMILES string of the molecule is Nc1c(C(=O)Cl)cnc(I)c1C(F)F. The highest BCUT2D eigenvalue weighted by atomic mass is 127. The molecule has 0 aliphatic heterocycles. The lowest BCUT2D eigenvalue weighted by atomic mass is 10.1. The first-order valence-electron chi connectivity index (χ1n) is 3.37. The van der Waals surface area contributed by atoms with E-state index in [0.29, 0.717) is 0 Å². The van der Waals surface area contributed by atoms with Crippen LogP contribution in [-0.2, 0) is 0 Å². The zero-order valence-electron chi connectivity index (χ0n) is 6.60. The van der Waals surface area contributed by atoms with Crippen molar-refractivity contribution >= 4 is 45.1 Å². The van der Waals surface area contributed by atoms with Crippen LogP contribution in [0.5, 0.6) is 0 Å². The lowest BCUT2D eigenvalue weighted by Gasteiger charge is -2.08. The van der Waals surface area contributed by atoms with E-state index in [4.69, 9.17) is 17.3 Å². The molecule has 1 heterocycles. The summed E-state index contributed by atoms with van der Waals surface area (Å²) in [7, 11) is 0. The van der Waals surface area contributed by atoms with Gasteiger partial charge in [0.15, 0.2) is 0 Å². The van der Waals surface area contributed by atoms with Crippen molar-refractivity contribution in [3.8, 4) is 0 Å². The van der Waals surface area contributed by atoms with Gasteiger partial charge in [-0.05, 0) is 34.2 Å². The van der Waals surface area contributed by atoms with Crippen LogP contribution in [0.2, 0.25) is 0 Å². The Morgan fingerprint density at radius 3 is 2.64 bits per heavy atom. The number of aromatic nitrogens is 1. The largest absolute Gasteiger partial charge is 0.398 e. The predicted molar refractivity (Wildman–Crippen MR) is 56.5 cm³/mol. The number of anilines is 1. The minimum atomic E-state index is -2.77. The maximum absolute atomic E-state index is 12.5. The van der Waals surface area contributed by atoms with Gasteiger partial charge in [0.1, 0.15) is 3.70 Å². The third kappa shape index (κ3) is 2.11. The summed E-state index contributed by atoms with van der Waals surface area (Å²) >= 11 is 6.75. The van der Waals surface area contributed by atoms with Crippen molar-refractivity contribution in [1.82, 2.24) is 4.98 Å². The van der Waals surface area contributed by atoms with Gasteiger partial charge in [0, 0.05) is 6.20 Å². The van der Waals surface area contributed by atoms with E-state index in [9.17, 15) is 13.6 Å².